The summed E-state index contributed by atoms with van der Waals surface area (Å²) >= 11 is 6.06. The normalized spacial score (nSPS) is 33.4. The number of aliphatic hydroxyl groups is 1. The average Bonchev–Trinajstić information content (AvgIpc) is 3.19. The van der Waals surface area contributed by atoms with Gasteiger partial charge in [0.2, 0.25) is 11.8 Å². The molecule has 2 saturated heterocycles. The van der Waals surface area contributed by atoms with Crippen molar-refractivity contribution >= 4 is 34.8 Å². The van der Waals surface area contributed by atoms with E-state index in [9.17, 15) is 24.8 Å². The van der Waals surface area contributed by atoms with Gasteiger partial charge in [-0.1, -0.05) is 23.8 Å². The second kappa shape index (κ2) is 4.85. The van der Waals surface area contributed by atoms with E-state index in [0.29, 0.717) is 0 Å². The van der Waals surface area contributed by atoms with Gasteiger partial charge in [-0.05, 0) is 6.07 Å². The molecule has 2 bridgehead atoms. The molecule has 1 aromatic rings. The van der Waals surface area contributed by atoms with Crippen LogP contribution in [0.3, 0.4) is 0 Å². The van der Waals surface area contributed by atoms with Crippen molar-refractivity contribution in [3.63, 3.8) is 0 Å². The Bertz CT molecular complexity index is 824. The van der Waals surface area contributed by atoms with Gasteiger partial charge in [-0.3, -0.25) is 19.7 Å². The molecule has 0 radical (unpaired) electrons. The Labute approximate surface area is 140 Å². The lowest BCUT2D eigenvalue weighted by Crippen LogP contribution is -2.43. The van der Waals surface area contributed by atoms with Gasteiger partial charge >= 0.3 is 0 Å². The first-order valence-electron chi connectivity index (χ1n) is 7.19. The molecule has 0 unspecified atom stereocenters. The number of nitrogens with zero attached hydrogens (tertiary/aromatic N) is 2. The number of carbonyl (C=O) groups excluding carboxylic acids is 2. The lowest BCUT2D eigenvalue weighted by atomic mass is 9.77. The number of aliphatic hydroxyl groups excluding tert-OH is 1. The van der Waals surface area contributed by atoms with Crippen molar-refractivity contribution in [2.75, 3.05) is 11.5 Å². The first kappa shape index (κ1) is 15.3. The minimum Gasteiger partial charge on any atom is -0.393 e. The summed E-state index contributed by atoms with van der Waals surface area (Å²) in [5, 5.41) is 20.7. The SMILES string of the molecule is O=C1[C@H]2[C@@H]3C=C[C@@](CO)(O3)[C@H]2C(=O)N1c1cc([N+](=O)[O-])ccc1Cl. The summed E-state index contributed by atoms with van der Waals surface area (Å²) in [6.07, 6.45) is 2.66. The van der Waals surface area contributed by atoms with Gasteiger partial charge in [-0.2, -0.15) is 0 Å². The van der Waals surface area contributed by atoms with Crippen LogP contribution in [0.4, 0.5) is 11.4 Å². The molecule has 3 aliphatic rings. The van der Waals surface area contributed by atoms with Crippen LogP contribution in [0.15, 0.2) is 30.4 Å². The third kappa shape index (κ3) is 1.75. The lowest BCUT2D eigenvalue weighted by molar-refractivity contribution is -0.384. The predicted octanol–water partition coefficient (Wildman–Crippen LogP) is 1.05. The highest BCUT2D eigenvalue weighted by Gasteiger charge is 2.67. The van der Waals surface area contributed by atoms with Crippen molar-refractivity contribution in [2.24, 2.45) is 11.8 Å². The van der Waals surface area contributed by atoms with Crippen molar-refractivity contribution in [1.82, 2.24) is 0 Å². The Kier molecular flexibility index (Phi) is 3.08. The monoisotopic (exact) mass is 350 g/mol. The van der Waals surface area contributed by atoms with Crippen LogP contribution in [0, 0.1) is 22.0 Å². The third-order valence-electron chi connectivity index (χ3n) is 4.78. The summed E-state index contributed by atoms with van der Waals surface area (Å²) in [6, 6.07) is 3.57. The van der Waals surface area contributed by atoms with Crippen molar-refractivity contribution in [1.29, 1.82) is 0 Å². The van der Waals surface area contributed by atoms with E-state index >= 15 is 0 Å². The van der Waals surface area contributed by atoms with Gasteiger partial charge < -0.3 is 9.84 Å². The van der Waals surface area contributed by atoms with E-state index in [0.717, 1.165) is 11.0 Å². The van der Waals surface area contributed by atoms with E-state index < -0.39 is 46.9 Å². The fourth-order valence-corrected chi connectivity index (χ4v) is 3.91. The molecule has 3 aliphatic heterocycles. The van der Waals surface area contributed by atoms with Crippen molar-refractivity contribution in [3.05, 3.63) is 45.5 Å². The number of rotatable bonds is 3. The number of ether oxygens (including phenoxy) is 1. The van der Waals surface area contributed by atoms with Crippen molar-refractivity contribution in [3.8, 4) is 0 Å². The second-order valence-electron chi connectivity index (χ2n) is 5.96. The number of carbonyl (C=O) groups is 2. The Morgan fingerprint density at radius 1 is 1.38 bits per heavy atom. The van der Waals surface area contributed by atoms with Gasteiger partial charge in [0.05, 0.1) is 40.2 Å². The molecule has 9 heteroatoms. The number of halogens is 1. The number of anilines is 1. The van der Waals surface area contributed by atoms with Crippen LogP contribution in [0.25, 0.3) is 0 Å². The molecule has 3 heterocycles. The van der Waals surface area contributed by atoms with E-state index in [2.05, 4.69) is 0 Å². The van der Waals surface area contributed by atoms with Gasteiger partial charge in [0.25, 0.3) is 5.69 Å². The number of nitro benzene ring substituents is 1. The highest BCUT2D eigenvalue weighted by atomic mass is 35.5. The van der Waals surface area contributed by atoms with Gasteiger partial charge in [0.1, 0.15) is 5.60 Å². The summed E-state index contributed by atoms with van der Waals surface area (Å²) in [7, 11) is 0. The largest absolute Gasteiger partial charge is 0.393 e. The molecule has 4 atom stereocenters. The minimum absolute atomic E-state index is 0.0252. The number of fused-ring (bicyclic) bond motifs is 5. The molecule has 24 heavy (non-hydrogen) atoms. The highest BCUT2D eigenvalue weighted by molar-refractivity contribution is 6.36. The van der Waals surface area contributed by atoms with Crippen LogP contribution < -0.4 is 4.90 Å². The van der Waals surface area contributed by atoms with Crippen LogP contribution >= 0.6 is 11.6 Å². The number of hydrogen-bond donors (Lipinski definition) is 1. The molecule has 1 N–H and O–H groups in total. The molecule has 0 spiro atoms. The number of benzene rings is 1. The molecule has 8 nitrogen and oxygen atoms in total. The summed E-state index contributed by atoms with van der Waals surface area (Å²) in [5.74, 6) is -2.73. The molecule has 4 rings (SSSR count). The molecule has 2 fully saturated rings. The third-order valence-corrected chi connectivity index (χ3v) is 5.10. The molecule has 2 amide bonds. The first-order valence-corrected chi connectivity index (χ1v) is 7.57. The number of non-ortho nitro benzene ring substituents is 1. The molecule has 0 aliphatic carbocycles. The summed E-state index contributed by atoms with van der Waals surface area (Å²) in [6.45, 7) is -0.434. The van der Waals surface area contributed by atoms with Gasteiger partial charge in [-0.25, -0.2) is 4.90 Å². The maximum atomic E-state index is 12.8. The smallest absolute Gasteiger partial charge is 0.271 e. The van der Waals surface area contributed by atoms with Crippen LogP contribution in [0.1, 0.15) is 0 Å². The molecule has 124 valence electrons. The van der Waals surface area contributed by atoms with E-state index in [1.54, 1.807) is 12.2 Å². The number of imide groups is 1. The zero-order valence-electron chi connectivity index (χ0n) is 12.1. The Morgan fingerprint density at radius 2 is 2.12 bits per heavy atom. The Balaban J connectivity index is 1.80. The standard InChI is InChI=1S/C15H11ClN2O6/c16-8-2-1-7(18(22)23)5-9(8)17-13(20)11-10-3-4-15(6-19,24-10)12(11)14(17)21/h1-5,10-12,19H,6H2/t10-,11-,12+,15-/m0/s1. The first-order chi connectivity index (χ1) is 11.4. The van der Waals surface area contributed by atoms with E-state index in [-0.39, 0.29) is 16.4 Å². The van der Waals surface area contributed by atoms with E-state index in [1.165, 1.54) is 12.1 Å². The second-order valence-corrected chi connectivity index (χ2v) is 6.37. The summed E-state index contributed by atoms with van der Waals surface area (Å²) < 4.78 is 5.62. The van der Waals surface area contributed by atoms with Crippen LogP contribution in [0.5, 0.6) is 0 Å². The Hall–Kier alpha value is -2.29. The minimum atomic E-state index is -1.22. The molecular formula is C15H11ClN2O6. The quantitative estimate of drug-likeness (QED) is 0.377. The zero-order valence-corrected chi connectivity index (χ0v) is 12.8. The van der Waals surface area contributed by atoms with Crippen LogP contribution in [-0.4, -0.2) is 40.2 Å². The van der Waals surface area contributed by atoms with Gasteiger partial charge in [-0.15, -0.1) is 0 Å². The van der Waals surface area contributed by atoms with Crippen LogP contribution in [0.2, 0.25) is 5.02 Å². The maximum absolute atomic E-state index is 12.8. The zero-order chi connectivity index (χ0) is 17.2. The number of amides is 2. The van der Waals surface area contributed by atoms with Gasteiger partial charge in [0.15, 0.2) is 0 Å². The molecule has 0 aromatic heterocycles. The maximum Gasteiger partial charge on any atom is 0.271 e. The highest BCUT2D eigenvalue weighted by Crippen LogP contribution is 2.52. The van der Waals surface area contributed by atoms with E-state index in [1.807, 2.05) is 0 Å². The summed E-state index contributed by atoms with van der Waals surface area (Å²) in [4.78, 5) is 36.8. The fraction of sp³-hybridized carbons (Fsp3) is 0.333. The Morgan fingerprint density at radius 3 is 2.79 bits per heavy atom. The van der Waals surface area contributed by atoms with Crippen LogP contribution in [-0.2, 0) is 14.3 Å². The number of hydrogen-bond acceptors (Lipinski definition) is 6. The average molecular weight is 351 g/mol. The molecule has 1 aromatic carbocycles. The molecular weight excluding hydrogens is 340 g/mol. The van der Waals surface area contributed by atoms with Crippen molar-refractivity contribution < 1.29 is 24.4 Å². The fourth-order valence-electron chi connectivity index (χ4n) is 3.71. The van der Waals surface area contributed by atoms with Crippen molar-refractivity contribution in [2.45, 2.75) is 11.7 Å². The van der Waals surface area contributed by atoms with Gasteiger partial charge in [0, 0.05) is 12.1 Å². The van der Waals surface area contributed by atoms with E-state index in [4.69, 9.17) is 16.3 Å². The molecule has 0 saturated carbocycles. The lowest BCUT2D eigenvalue weighted by Gasteiger charge is -2.26. The summed E-state index contributed by atoms with van der Waals surface area (Å²) in [5.41, 5.74) is -1.52. The number of nitro groups is 1. The predicted molar refractivity (Wildman–Crippen MR) is 81.4 cm³/mol. The topological polar surface area (TPSA) is 110 Å².